The van der Waals surface area contributed by atoms with Gasteiger partial charge in [0.25, 0.3) is 5.91 Å². The molecule has 0 unspecified atom stereocenters. The molecule has 1 heterocycles. The Morgan fingerprint density at radius 2 is 1.87 bits per heavy atom. The zero-order valence-electron chi connectivity index (χ0n) is 12.9. The summed E-state index contributed by atoms with van der Waals surface area (Å²) in [6, 6.07) is 15.0. The maximum Gasteiger partial charge on any atom is 0.264 e. The van der Waals surface area contributed by atoms with Crippen LogP contribution in [0.4, 0.5) is 11.4 Å². The lowest BCUT2D eigenvalue weighted by molar-refractivity contribution is -0.120. The standard InChI is InChI=1S/C18H18N2O3/c1-13(21)19-15-7-3-5-9-17(15)23-12-18(22)20-11-10-14-6-2-4-8-16(14)20/h2-9H,10-12H2,1H3,(H,19,21). The van der Waals surface area contributed by atoms with E-state index in [1.54, 1.807) is 29.2 Å². The summed E-state index contributed by atoms with van der Waals surface area (Å²) in [5.41, 5.74) is 2.70. The second kappa shape index (κ2) is 6.52. The molecular weight excluding hydrogens is 292 g/mol. The van der Waals surface area contributed by atoms with Gasteiger partial charge >= 0.3 is 0 Å². The minimum absolute atomic E-state index is 0.0646. The van der Waals surface area contributed by atoms with Crippen molar-refractivity contribution in [2.24, 2.45) is 0 Å². The van der Waals surface area contributed by atoms with Crippen molar-refractivity contribution in [3.63, 3.8) is 0 Å². The minimum Gasteiger partial charge on any atom is -0.482 e. The molecular formula is C18H18N2O3. The van der Waals surface area contributed by atoms with Crippen molar-refractivity contribution in [2.45, 2.75) is 13.3 Å². The molecule has 3 rings (SSSR count). The van der Waals surface area contributed by atoms with Crippen LogP contribution in [-0.2, 0) is 16.0 Å². The number of anilines is 2. The van der Waals surface area contributed by atoms with E-state index >= 15 is 0 Å². The third-order valence-electron chi connectivity index (χ3n) is 3.74. The fourth-order valence-electron chi connectivity index (χ4n) is 2.70. The van der Waals surface area contributed by atoms with E-state index in [1.807, 2.05) is 24.3 Å². The third-order valence-corrected chi connectivity index (χ3v) is 3.74. The summed E-state index contributed by atoms with van der Waals surface area (Å²) in [5, 5.41) is 2.69. The van der Waals surface area contributed by atoms with Gasteiger partial charge in [0, 0.05) is 19.2 Å². The van der Waals surface area contributed by atoms with Crippen LogP contribution in [0.3, 0.4) is 0 Å². The number of hydrogen-bond acceptors (Lipinski definition) is 3. The summed E-state index contributed by atoms with van der Waals surface area (Å²) >= 11 is 0. The zero-order valence-corrected chi connectivity index (χ0v) is 12.9. The van der Waals surface area contributed by atoms with Crippen LogP contribution in [0.15, 0.2) is 48.5 Å². The number of para-hydroxylation sites is 3. The first-order chi connectivity index (χ1) is 11.1. The summed E-state index contributed by atoms with van der Waals surface area (Å²) < 4.78 is 5.62. The van der Waals surface area contributed by atoms with Gasteiger partial charge in [0.15, 0.2) is 6.61 Å². The molecule has 5 heteroatoms. The molecule has 1 aliphatic heterocycles. The molecule has 0 aromatic heterocycles. The first-order valence-corrected chi connectivity index (χ1v) is 7.53. The number of rotatable bonds is 4. The largest absolute Gasteiger partial charge is 0.482 e. The molecule has 0 atom stereocenters. The third kappa shape index (κ3) is 3.34. The highest BCUT2D eigenvalue weighted by atomic mass is 16.5. The molecule has 0 radical (unpaired) electrons. The number of nitrogens with zero attached hydrogens (tertiary/aromatic N) is 1. The number of nitrogens with one attached hydrogen (secondary N) is 1. The maximum absolute atomic E-state index is 12.4. The molecule has 0 spiro atoms. The fourth-order valence-corrected chi connectivity index (χ4v) is 2.70. The Hall–Kier alpha value is -2.82. The quantitative estimate of drug-likeness (QED) is 0.944. The first-order valence-electron chi connectivity index (χ1n) is 7.53. The summed E-state index contributed by atoms with van der Waals surface area (Å²) in [7, 11) is 0. The van der Waals surface area contributed by atoms with Crippen LogP contribution in [0.2, 0.25) is 0 Å². The number of carbonyl (C=O) groups is 2. The highest BCUT2D eigenvalue weighted by Crippen LogP contribution is 2.28. The molecule has 0 fully saturated rings. The topological polar surface area (TPSA) is 58.6 Å². The van der Waals surface area contributed by atoms with Crippen molar-refractivity contribution in [2.75, 3.05) is 23.4 Å². The summed E-state index contributed by atoms with van der Waals surface area (Å²) in [6.45, 7) is 2.04. The van der Waals surface area contributed by atoms with Gasteiger partial charge < -0.3 is 15.0 Å². The van der Waals surface area contributed by atoms with Crippen molar-refractivity contribution in [1.82, 2.24) is 0 Å². The minimum atomic E-state index is -0.180. The van der Waals surface area contributed by atoms with Crippen LogP contribution < -0.4 is 15.0 Å². The van der Waals surface area contributed by atoms with Gasteiger partial charge in [-0.15, -0.1) is 0 Å². The Labute approximate surface area is 134 Å². The van der Waals surface area contributed by atoms with Crippen molar-refractivity contribution >= 4 is 23.2 Å². The number of fused-ring (bicyclic) bond motifs is 1. The molecule has 23 heavy (non-hydrogen) atoms. The number of benzene rings is 2. The summed E-state index contributed by atoms with van der Waals surface area (Å²) in [4.78, 5) is 25.4. The lowest BCUT2D eigenvalue weighted by atomic mass is 10.2. The van der Waals surface area contributed by atoms with Gasteiger partial charge in [-0.1, -0.05) is 30.3 Å². The molecule has 118 valence electrons. The molecule has 0 saturated carbocycles. The Kier molecular flexibility index (Phi) is 4.28. The van der Waals surface area contributed by atoms with Gasteiger partial charge in [-0.2, -0.15) is 0 Å². The monoisotopic (exact) mass is 310 g/mol. The highest BCUT2D eigenvalue weighted by Gasteiger charge is 2.24. The second-order valence-electron chi connectivity index (χ2n) is 5.39. The molecule has 0 bridgehead atoms. The number of ether oxygens (including phenoxy) is 1. The predicted molar refractivity (Wildman–Crippen MR) is 88.7 cm³/mol. The van der Waals surface area contributed by atoms with Gasteiger partial charge in [-0.3, -0.25) is 9.59 Å². The van der Waals surface area contributed by atoms with E-state index in [-0.39, 0.29) is 18.4 Å². The summed E-state index contributed by atoms with van der Waals surface area (Å²) in [6.07, 6.45) is 0.865. The molecule has 0 aliphatic carbocycles. The van der Waals surface area contributed by atoms with E-state index in [9.17, 15) is 9.59 Å². The Morgan fingerprint density at radius 1 is 1.13 bits per heavy atom. The van der Waals surface area contributed by atoms with Gasteiger partial charge in [0.1, 0.15) is 5.75 Å². The lowest BCUT2D eigenvalue weighted by Gasteiger charge is -2.18. The fraction of sp³-hybridized carbons (Fsp3) is 0.222. The van der Waals surface area contributed by atoms with Crippen LogP contribution in [0.1, 0.15) is 12.5 Å². The SMILES string of the molecule is CC(=O)Nc1ccccc1OCC(=O)N1CCc2ccccc21. The van der Waals surface area contributed by atoms with Crippen LogP contribution in [0, 0.1) is 0 Å². The average molecular weight is 310 g/mol. The molecule has 0 saturated heterocycles. The van der Waals surface area contributed by atoms with E-state index in [1.165, 1.54) is 12.5 Å². The van der Waals surface area contributed by atoms with E-state index in [4.69, 9.17) is 4.74 Å². The summed E-state index contributed by atoms with van der Waals surface area (Å²) in [5.74, 6) is 0.219. The molecule has 5 nitrogen and oxygen atoms in total. The Morgan fingerprint density at radius 3 is 2.70 bits per heavy atom. The van der Waals surface area contributed by atoms with E-state index in [0.29, 0.717) is 18.0 Å². The van der Waals surface area contributed by atoms with E-state index in [0.717, 1.165) is 12.1 Å². The van der Waals surface area contributed by atoms with Crippen molar-refractivity contribution in [1.29, 1.82) is 0 Å². The maximum atomic E-state index is 12.4. The highest BCUT2D eigenvalue weighted by molar-refractivity contribution is 5.96. The second-order valence-corrected chi connectivity index (χ2v) is 5.39. The number of carbonyl (C=O) groups excluding carboxylic acids is 2. The van der Waals surface area contributed by atoms with Gasteiger partial charge in [0.2, 0.25) is 5.91 Å². The first kappa shape index (κ1) is 15.1. The molecule has 1 aliphatic rings. The van der Waals surface area contributed by atoms with Crippen LogP contribution >= 0.6 is 0 Å². The lowest BCUT2D eigenvalue weighted by Crippen LogP contribution is -2.33. The number of hydrogen-bond donors (Lipinski definition) is 1. The van der Waals surface area contributed by atoms with Crippen molar-refractivity contribution < 1.29 is 14.3 Å². The van der Waals surface area contributed by atoms with Crippen molar-refractivity contribution in [3.8, 4) is 5.75 Å². The molecule has 2 aromatic rings. The molecule has 1 N–H and O–H groups in total. The van der Waals surface area contributed by atoms with Gasteiger partial charge in [-0.25, -0.2) is 0 Å². The zero-order chi connectivity index (χ0) is 16.2. The Balaban J connectivity index is 1.68. The van der Waals surface area contributed by atoms with Crippen LogP contribution in [0.25, 0.3) is 0 Å². The van der Waals surface area contributed by atoms with Crippen LogP contribution in [-0.4, -0.2) is 25.0 Å². The molecule has 2 aromatic carbocycles. The van der Waals surface area contributed by atoms with E-state index in [2.05, 4.69) is 5.32 Å². The van der Waals surface area contributed by atoms with Crippen molar-refractivity contribution in [3.05, 3.63) is 54.1 Å². The smallest absolute Gasteiger partial charge is 0.264 e. The van der Waals surface area contributed by atoms with Gasteiger partial charge in [-0.05, 0) is 30.2 Å². The Bertz CT molecular complexity index is 743. The van der Waals surface area contributed by atoms with Crippen LogP contribution in [0.5, 0.6) is 5.75 Å². The predicted octanol–water partition coefficient (Wildman–Crippen LogP) is 2.61. The molecule has 2 amide bonds. The number of amides is 2. The van der Waals surface area contributed by atoms with Gasteiger partial charge in [0.05, 0.1) is 5.69 Å². The van der Waals surface area contributed by atoms with E-state index < -0.39 is 0 Å². The normalized spacial score (nSPS) is 12.7. The average Bonchev–Trinajstić information content (AvgIpc) is 2.97.